The summed E-state index contributed by atoms with van der Waals surface area (Å²) >= 11 is 1.64. The molecular weight excluding hydrogens is 272 g/mol. The third-order valence-corrected chi connectivity index (χ3v) is 3.88. The molecule has 0 aliphatic heterocycles. The number of hydrogen-bond acceptors (Lipinski definition) is 4. The van der Waals surface area contributed by atoms with Crippen LogP contribution in [0.3, 0.4) is 0 Å². The zero-order chi connectivity index (χ0) is 14.4. The Bertz CT molecular complexity index is 538. The molecule has 1 aromatic heterocycles. The van der Waals surface area contributed by atoms with E-state index in [0.717, 1.165) is 10.6 Å². The van der Waals surface area contributed by atoms with E-state index in [1.807, 2.05) is 24.4 Å². The van der Waals surface area contributed by atoms with Crippen LogP contribution < -0.4 is 15.8 Å². The maximum absolute atomic E-state index is 11.8. The third kappa shape index (κ3) is 4.28. The van der Waals surface area contributed by atoms with E-state index in [2.05, 4.69) is 5.32 Å². The number of benzene rings is 1. The summed E-state index contributed by atoms with van der Waals surface area (Å²) in [7, 11) is 0. The lowest BCUT2D eigenvalue weighted by Gasteiger charge is -2.12. The Kier molecular flexibility index (Phi) is 5.01. The second-order valence-corrected chi connectivity index (χ2v) is 5.45. The van der Waals surface area contributed by atoms with Gasteiger partial charge in [0.25, 0.3) is 0 Å². The van der Waals surface area contributed by atoms with Gasteiger partial charge in [-0.25, -0.2) is 0 Å². The Morgan fingerprint density at radius 3 is 2.75 bits per heavy atom. The van der Waals surface area contributed by atoms with Crippen LogP contribution in [-0.4, -0.2) is 12.5 Å². The molecule has 0 aliphatic carbocycles. The number of nitrogens with one attached hydrogen (secondary N) is 1. The molecule has 1 unspecified atom stereocenters. The van der Waals surface area contributed by atoms with Crippen molar-refractivity contribution in [3.05, 3.63) is 46.7 Å². The van der Waals surface area contributed by atoms with Gasteiger partial charge in [-0.1, -0.05) is 6.07 Å². The van der Waals surface area contributed by atoms with E-state index in [0.29, 0.717) is 18.7 Å². The molecule has 3 N–H and O–H groups in total. The van der Waals surface area contributed by atoms with Crippen LogP contribution in [0.2, 0.25) is 0 Å². The number of hydrogen-bond donors (Lipinski definition) is 2. The summed E-state index contributed by atoms with van der Waals surface area (Å²) in [6, 6.07) is 11.2. The van der Waals surface area contributed by atoms with Crippen molar-refractivity contribution < 1.29 is 9.53 Å². The summed E-state index contributed by atoms with van der Waals surface area (Å²) in [6.07, 6.45) is 0.333. The van der Waals surface area contributed by atoms with Crippen molar-refractivity contribution in [2.75, 3.05) is 12.3 Å². The van der Waals surface area contributed by atoms with Gasteiger partial charge >= 0.3 is 0 Å². The molecule has 0 aliphatic rings. The number of amides is 1. The van der Waals surface area contributed by atoms with Crippen LogP contribution in [0.1, 0.15) is 24.3 Å². The van der Waals surface area contributed by atoms with E-state index in [9.17, 15) is 4.79 Å². The smallest absolute Gasteiger partial charge is 0.223 e. The van der Waals surface area contributed by atoms with Crippen molar-refractivity contribution in [3.8, 4) is 5.75 Å². The van der Waals surface area contributed by atoms with Crippen LogP contribution >= 0.6 is 11.3 Å². The SMILES string of the molecule is CC(NC(=O)CCOc1ccc(N)cc1)c1cccs1. The molecule has 1 aromatic carbocycles. The van der Waals surface area contributed by atoms with E-state index < -0.39 is 0 Å². The Labute approximate surface area is 122 Å². The Morgan fingerprint density at radius 2 is 2.10 bits per heavy atom. The molecule has 0 saturated carbocycles. The molecule has 0 spiro atoms. The molecular formula is C15H18N2O2S. The first-order chi connectivity index (χ1) is 9.65. The summed E-state index contributed by atoms with van der Waals surface area (Å²) in [5, 5.41) is 4.95. The molecule has 106 valence electrons. The number of carbonyl (C=O) groups is 1. The van der Waals surface area contributed by atoms with Gasteiger partial charge in [0.15, 0.2) is 0 Å². The van der Waals surface area contributed by atoms with Crippen molar-refractivity contribution >= 4 is 22.9 Å². The molecule has 2 aromatic rings. The average molecular weight is 290 g/mol. The molecule has 20 heavy (non-hydrogen) atoms. The van der Waals surface area contributed by atoms with Gasteiger partial charge in [0.05, 0.1) is 19.1 Å². The van der Waals surface area contributed by atoms with E-state index in [1.165, 1.54) is 0 Å². The minimum Gasteiger partial charge on any atom is -0.493 e. The fourth-order valence-corrected chi connectivity index (χ4v) is 2.48. The van der Waals surface area contributed by atoms with E-state index in [4.69, 9.17) is 10.5 Å². The largest absolute Gasteiger partial charge is 0.493 e. The van der Waals surface area contributed by atoms with Crippen LogP contribution in [-0.2, 0) is 4.79 Å². The molecule has 1 heterocycles. The Balaban J connectivity index is 1.71. The molecule has 0 bridgehead atoms. The number of anilines is 1. The second-order valence-electron chi connectivity index (χ2n) is 4.47. The van der Waals surface area contributed by atoms with Crippen LogP contribution in [0.5, 0.6) is 5.75 Å². The van der Waals surface area contributed by atoms with Crippen molar-refractivity contribution in [1.29, 1.82) is 0 Å². The highest BCUT2D eigenvalue weighted by molar-refractivity contribution is 7.10. The van der Waals surface area contributed by atoms with Crippen LogP contribution in [0.25, 0.3) is 0 Å². The maximum Gasteiger partial charge on any atom is 0.223 e. The first kappa shape index (κ1) is 14.4. The topological polar surface area (TPSA) is 64.3 Å². The summed E-state index contributed by atoms with van der Waals surface area (Å²) in [5.41, 5.74) is 6.28. The maximum atomic E-state index is 11.8. The van der Waals surface area contributed by atoms with Gasteiger partial charge in [-0.05, 0) is 42.6 Å². The summed E-state index contributed by atoms with van der Waals surface area (Å²) in [6.45, 7) is 2.33. The number of nitrogens with two attached hydrogens (primary N) is 1. The summed E-state index contributed by atoms with van der Waals surface area (Å²) < 4.78 is 5.49. The lowest BCUT2D eigenvalue weighted by atomic mass is 10.2. The predicted octanol–water partition coefficient (Wildman–Crippen LogP) is 2.98. The van der Waals surface area contributed by atoms with Gasteiger partial charge in [-0.3, -0.25) is 4.79 Å². The summed E-state index contributed by atoms with van der Waals surface area (Å²) in [5.74, 6) is 0.708. The third-order valence-electron chi connectivity index (χ3n) is 2.83. The van der Waals surface area contributed by atoms with E-state index in [-0.39, 0.29) is 11.9 Å². The van der Waals surface area contributed by atoms with Crippen LogP contribution in [0.4, 0.5) is 5.69 Å². The molecule has 5 heteroatoms. The highest BCUT2D eigenvalue weighted by atomic mass is 32.1. The second kappa shape index (κ2) is 6.96. The average Bonchev–Trinajstić information content (AvgIpc) is 2.95. The van der Waals surface area contributed by atoms with Crippen molar-refractivity contribution in [2.45, 2.75) is 19.4 Å². The van der Waals surface area contributed by atoms with Gasteiger partial charge < -0.3 is 15.8 Å². The zero-order valence-corrected chi connectivity index (χ0v) is 12.2. The zero-order valence-electron chi connectivity index (χ0n) is 11.3. The first-order valence-corrected chi connectivity index (χ1v) is 7.34. The lowest BCUT2D eigenvalue weighted by Crippen LogP contribution is -2.27. The Hall–Kier alpha value is -2.01. The van der Waals surface area contributed by atoms with E-state index >= 15 is 0 Å². The van der Waals surface area contributed by atoms with Gasteiger partial charge in [0, 0.05) is 10.6 Å². The van der Waals surface area contributed by atoms with Crippen LogP contribution in [0.15, 0.2) is 41.8 Å². The van der Waals surface area contributed by atoms with E-state index in [1.54, 1.807) is 35.6 Å². The molecule has 0 radical (unpaired) electrons. The minimum absolute atomic E-state index is 0.0126. The van der Waals surface area contributed by atoms with Gasteiger partial charge in [-0.2, -0.15) is 0 Å². The minimum atomic E-state index is -0.0126. The monoisotopic (exact) mass is 290 g/mol. The van der Waals surface area contributed by atoms with Crippen molar-refractivity contribution in [3.63, 3.8) is 0 Å². The number of rotatable bonds is 6. The van der Waals surface area contributed by atoms with Gasteiger partial charge in [0.1, 0.15) is 5.75 Å². The lowest BCUT2D eigenvalue weighted by molar-refractivity contribution is -0.122. The summed E-state index contributed by atoms with van der Waals surface area (Å²) in [4.78, 5) is 12.9. The van der Waals surface area contributed by atoms with Crippen molar-refractivity contribution in [1.82, 2.24) is 5.32 Å². The van der Waals surface area contributed by atoms with Crippen LogP contribution in [0, 0.1) is 0 Å². The number of thiophene rings is 1. The normalized spacial score (nSPS) is 11.8. The van der Waals surface area contributed by atoms with Gasteiger partial charge in [-0.15, -0.1) is 11.3 Å². The molecule has 1 amide bonds. The predicted molar refractivity (Wildman–Crippen MR) is 81.8 cm³/mol. The quantitative estimate of drug-likeness (QED) is 0.804. The first-order valence-electron chi connectivity index (χ1n) is 6.46. The molecule has 2 rings (SSSR count). The highest BCUT2D eigenvalue weighted by Crippen LogP contribution is 2.18. The molecule has 0 saturated heterocycles. The standard InChI is InChI=1S/C15H18N2O2S/c1-11(14-3-2-10-20-14)17-15(18)8-9-19-13-6-4-12(16)5-7-13/h2-7,10-11H,8-9,16H2,1H3,(H,17,18). The number of nitrogen functional groups attached to an aromatic ring is 1. The fourth-order valence-electron chi connectivity index (χ4n) is 1.75. The number of ether oxygens (including phenoxy) is 1. The van der Waals surface area contributed by atoms with Crippen molar-refractivity contribution in [2.24, 2.45) is 0 Å². The fraction of sp³-hybridized carbons (Fsp3) is 0.267. The molecule has 0 fully saturated rings. The molecule has 1 atom stereocenters. The molecule has 4 nitrogen and oxygen atoms in total. The van der Waals surface area contributed by atoms with Gasteiger partial charge in [0.2, 0.25) is 5.91 Å². The number of carbonyl (C=O) groups excluding carboxylic acids is 1. The highest BCUT2D eigenvalue weighted by Gasteiger charge is 2.10. The Morgan fingerprint density at radius 1 is 1.35 bits per heavy atom.